The molecule has 1 saturated carbocycles. The molecule has 0 unspecified atom stereocenters. The van der Waals surface area contributed by atoms with E-state index in [0.717, 1.165) is 24.1 Å². The first kappa shape index (κ1) is 15.0. The van der Waals surface area contributed by atoms with Crippen molar-refractivity contribution in [1.82, 2.24) is 0 Å². The lowest BCUT2D eigenvalue weighted by Gasteiger charge is -2.35. The Labute approximate surface area is 120 Å². The molecule has 4 N–H and O–H groups in total. The van der Waals surface area contributed by atoms with E-state index in [1.807, 2.05) is 24.3 Å². The first-order valence-electron chi connectivity index (χ1n) is 7.37. The van der Waals surface area contributed by atoms with E-state index in [0.29, 0.717) is 13.0 Å². The second-order valence-corrected chi connectivity index (χ2v) is 5.84. The van der Waals surface area contributed by atoms with Crippen molar-refractivity contribution in [3.8, 4) is 0 Å². The van der Waals surface area contributed by atoms with Gasteiger partial charge in [-0.3, -0.25) is 4.79 Å². The Kier molecular flexibility index (Phi) is 5.15. The van der Waals surface area contributed by atoms with Crippen LogP contribution < -0.4 is 11.1 Å². The number of rotatable bonds is 5. The second kappa shape index (κ2) is 6.86. The lowest BCUT2D eigenvalue weighted by atomic mass is 9.71. The molecule has 2 rings (SSSR count). The van der Waals surface area contributed by atoms with E-state index in [2.05, 4.69) is 5.32 Å². The van der Waals surface area contributed by atoms with Gasteiger partial charge in [-0.2, -0.15) is 0 Å². The van der Waals surface area contributed by atoms with Gasteiger partial charge in [-0.15, -0.1) is 0 Å². The minimum Gasteiger partial charge on any atom is -0.392 e. The summed E-state index contributed by atoms with van der Waals surface area (Å²) in [4.78, 5) is 12.2. The van der Waals surface area contributed by atoms with Crippen LogP contribution in [-0.4, -0.2) is 17.6 Å². The maximum atomic E-state index is 12.2. The van der Waals surface area contributed by atoms with Crippen LogP contribution in [0.1, 0.15) is 44.1 Å². The predicted octanol–water partition coefficient (Wildman–Crippen LogP) is 2.42. The predicted molar refractivity (Wildman–Crippen MR) is 80.2 cm³/mol. The molecule has 1 aliphatic rings. The molecule has 0 atom stereocenters. The molecule has 20 heavy (non-hydrogen) atoms. The Morgan fingerprint density at radius 3 is 2.40 bits per heavy atom. The van der Waals surface area contributed by atoms with E-state index < -0.39 is 0 Å². The molecule has 0 radical (unpaired) electrons. The highest BCUT2D eigenvalue weighted by Crippen LogP contribution is 2.38. The van der Waals surface area contributed by atoms with Crippen molar-refractivity contribution in [3.63, 3.8) is 0 Å². The summed E-state index contributed by atoms with van der Waals surface area (Å²) in [6.45, 7) is 0.606. The quantitative estimate of drug-likeness (QED) is 0.773. The topological polar surface area (TPSA) is 75.4 Å². The van der Waals surface area contributed by atoms with Crippen LogP contribution in [-0.2, 0) is 11.4 Å². The molecule has 0 aromatic heterocycles. The van der Waals surface area contributed by atoms with Crippen LogP contribution in [0.4, 0.5) is 5.69 Å². The number of hydrogen-bond acceptors (Lipinski definition) is 3. The Hall–Kier alpha value is -1.39. The summed E-state index contributed by atoms with van der Waals surface area (Å²) in [5, 5.41) is 11.9. The van der Waals surface area contributed by atoms with Gasteiger partial charge in [0.05, 0.1) is 6.61 Å². The van der Waals surface area contributed by atoms with E-state index in [-0.39, 0.29) is 17.9 Å². The smallest absolute Gasteiger partial charge is 0.224 e. The van der Waals surface area contributed by atoms with E-state index in [1.165, 1.54) is 19.3 Å². The first-order chi connectivity index (χ1) is 9.67. The van der Waals surface area contributed by atoms with Crippen LogP contribution in [0.2, 0.25) is 0 Å². The third kappa shape index (κ3) is 3.81. The van der Waals surface area contributed by atoms with Gasteiger partial charge >= 0.3 is 0 Å². The molecule has 0 aliphatic heterocycles. The largest absolute Gasteiger partial charge is 0.392 e. The van der Waals surface area contributed by atoms with Gasteiger partial charge in [0.25, 0.3) is 0 Å². The maximum absolute atomic E-state index is 12.2. The number of carbonyl (C=O) groups is 1. The second-order valence-electron chi connectivity index (χ2n) is 5.84. The van der Waals surface area contributed by atoms with Crippen LogP contribution in [0.3, 0.4) is 0 Å². The standard InChI is InChI=1S/C16H24N2O2/c17-12-16(8-2-1-3-9-16)10-15(20)18-14-6-4-13(11-19)5-7-14/h4-7,19H,1-3,8-12,17H2,(H,18,20). The Balaban J connectivity index is 1.93. The van der Waals surface area contributed by atoms with Crippen molar-refractivity contribution in [2.75, 3.05) is 11.9 Å². The first-order valence-corrected chi connectivity index (χ1v) is 7.37. The summed E-state index contributed by atoms with van der Waals surface area (Å²) < 4.78 is 0. The molecule has 1 aromatic carbocycles. The zero-order chi connectivity index (χ0) is 14.4. The molecule has 4 nitrogen and oxygen atoms in total. The number of amides is 1. The van der Waals surface area contributed by atoms with Crippen LogP contribution in [0.5, 0.6) is 0 Å². The molecule has 4 heteroatoms. The van der Waals surface area contributed by atoms with Crippen LogP contribution in [0, 0.1) is 5.41 Å². The highest BCUT2D eigenvalue weighted by molar-refractivity contribution is 5.91. The molecule has 0 spiro atoms. The minimum atomic E-state index is -0.00657. The van der Waals surface area contributed by atoms with E-state index >= 15 is 0 Å². The fraction of sp³-hybridized carbons (Fsp3) is 0.562. The van der Waals surface area contributed by atoms with Crippen molar-refractivity contribution < 1.29 is 9.90 Å². The van der Waals surface area contributed by atoms with Crippen LogP contribution in [0.25, 0.3) is 0 Å². The molecule has 1 aromatic rings. The molecule has 1 amide bonds. The molecule has 0 saturated heterocycles. The van der Waals surface area contributed by atoms with E-state index in [4.69, 9.17) is 10.8 Å². The molecular formula is C16H24N2O2. The molecular weight excluding hydrogens is 252 g/mol. The van der Waals surface area contributed by atoms with E-state index in [1.54, 1.807) is 0 Å². The monoisotopic (exact) mass is 276 g/mol. The molecule has 1 aliphatic carbocycles. The summed E-state index contributed by atoms with van der Waals surface area (Å²) in [7, 11) is 0. The number of aliphatic hydroxyl groups excluding tert-OH is 1. The molecule has 0 bridgehead atoms. The average Bonchev–Trinajstić information content (AvgIpc) is 2.49. The number of carbonyl (C=O) groups excluding carboxylic acids is 1. The van der Waals surface area contributed by atoms with Gasteiger partial charge in [-0.05, 0) is 42.5 Å². The molecule has 1 fully saturated rings. The number of anilines is 1. The number of hydrogen-bond donors (Lipinski definition) is 3. The normalized spacial score (nSPS) is 17.7. The third-order valence-corrected chi connectivity index (χ3v) is 4.30. The SMILES string of the molecule is NCC1(CC(=O)Nc2ccc(CO)cc2)CCCCC1. The summed E-state index contributed by atoms with van der Waals surface area (Å²) >= 11 is 0. The molecule has 110 valence electrons. The van der Waals surface area contributed by atoms with Gasteiger partial charge in [0.15, 0.2) is 0 Å². The number of nitrogens with two attached hydrogens (primary N) is 1. The van der Waals surface area contributed by atoms with Crippen molar-refractivity contribution in [1.29, 1.82) is 0 Å². The van der Waals surface area contributed by atoms with Gasteiger partial charge < -0.3 is 16.2 Å². The zero-order valence-electron chi connectivity index (χ0n) is 11.9. The Morgan fingerprint density at radius 2 is 1.85 bits per heavy atom. The Morgan fingerprint density at radius 1 is 1.20 bits per heavy atom. The maximum Gasteiger partial charge on any atom is 0.224 e. The lowest BCUT2D eigenvalue weighted by Crippen LogP contribution is -2.36. The fourth-order valence-electron chi connectivity index (χ4n) is 2.99. The summed E-state index contributed by atoms with van der Waals surface area (Å²) in [6.07, 6.45) is 6.23. The number of benzene rings is 1. The van der Waals surface area contributed by atoms with Crippen LogP contribution >= 0.6 is 0 Å². The van der Waals surface area contributed by atoms with Crippen molar-refractivity contribution >= 4 is 11.6 Å². The Bertz CT molecular complexity index is 436. The zero-order valence-corrected chi connectivity index (χ0v) is 11.9. The summed E-state index contributed by atoms with van der Waals surface area (Å²) in [5.74, 6) is 0.0362. The minimum absolute atomic E-state index is 0.00657. The van der Waals surface area contributed by atoms with Crippen molar-refractivity contribution in [3.05, 3.63) is 29.8 Å². The average molecular weight is 276 g/mol. The number of nitrogens with one attached hydrogen (secondary N) is 1. The van der Waals surface area contributed by atoms with Gasteiger partial charge in [0.1, 0.15) is 0 Å². The van der Waals surface area contributed by atoms with Gasteiger partial charge in [-0.25, -0.2) is 0 Å². The fourth-order valence-corrected chi connectivity index (χ4v) is 2.99. The molecule has 0 heterocycles. The number of aliphatic hydroxyl groups is 1. The summed E-state index contributed by atoms with van der Waals surface area (Å²) in [5.41, 5.74) is 7.52. The van der Waals surface area contributed by atoms with Crippen molar-refractivity contribution in [2.45, 2.75) is 45.1 Å². The van der Waals surface area contributed by atoms with Gasteiger partial charge in [0.2, 0.25) is 5.91 Å². The van der Waals surface area contributed by atoms with Crippen LogP contribution in [0.15, 0.2) is 24.3 Å². The van der Waals surface area contributed by atoms with Gasteiger partial charge in [0, 0.05) is 12.1 Å². The highest BCUT2D eigenvalue weighted by Gasteiger charge is 2.32. The third-order valence-electron chi connectivity index (χ3n) is 4.30. The van der Waals surface area contributed by atoms with Crippen molar-refractivity contribution in [2.24, 2.45) is 11.1 Å². The summed E-state index contributed by atoms with van der Waals surface area (Å²) in [6, 6.07) is 7.27. The lowest BCUT2D eigenvalue weighted by molar-refractivity contribution is -0.118. The van der Waals surface area contributed by atoms with E-state index in [9.17, 15) is 4.79 Å². The van der Waals surface area contributed by atoms with Gasteiger partial charge in [-0.1, -0.05) is 31.4 Å². The highest BCUT2D eigenvalue weighted by atomic mass is 16.3.